The van der Waals surface area contributed by atoms with Crippen LogP contribution in [0.2, 0.25) is 0 Å². The molecule has 3 N–H and O–H groups in total. The first kappa shape index (κ1) is 11.5. The smallest absolute Gasteiger partial charge is 0.277 e. The molecule has 0 aliphatic carbocycles. The van der Waals surface area contributed by atoms with Gasteiger partial charge in [-0.1, -0.05) is 6.07 Å². The Bertz CT molecular complexity index is 370. The molecule has 1 atom stereocenters. The number of aliphatic hydroxyl groups is 1. The molecular formula is C9H11FN2O3. The predicted molar refractivity (Wildman–Crippen MR) is 51.7 cm³/mol. The summed E-state index contributed by atoms with van der Waals surface area (Å²) in [7, 11) is 0. The van der Waals surface area contributed by atoms with E-state index >= 15 is 0 Å². The van der Waals surface area contributed by atoms with Crippen LogP contribution >= 0.6 is 0 Å². The van der Waals surface area contributed by atoms with E-state index in [0.29, 0.717) is 0 Å². The molecule has 82 valence electrons. The summed E-state index contributed by atoms with van der Waals surface area (Å²) in [6.07, 6.45) is 0.0851. The molecule has 1 unspecified atom stereocenters. The second-order valence-corrected chi connectivity index (χ2v) is 3.05. The molecule has 0 saturated carbocycles. The predicted octanol–water partition coefficient (Wildman–Crippen LogP) is 1.12. The van der Waals surface area contributed by atoms with Gasteiger partial charge in [0.2, 0.25) is 0 Å². The van der Waals surface area contributed by atoms with E-state index in [-0.39, 0.29) is 24.3 Å². The van der Waals surface area contributed by atoms with Crippen LogP contribution in [0.25, 0.3) is 0 Å². The zero-order valence-corrected chi connectivity index (χ0v) is 7.89. The number of nitrogens with two attached hydrogens (primary N) is 1. The van der Waals surface area contributed by atoms with Crippen molar-refractivity contribution in [3.05, 3.63) is 39.7 Å². The summed E-state index contributed by atoms with van der Waals surface area (Å²) in [5.41, 5.74) is 5.03. The first-order valence-corrected chi connectivity index (χ1v) is 4.37. The fourth-order valence-electron chi connectivity index (χ4n) is 1.34. The largest absolute Gasteiger partial charge is 0.396 e. The Morgan fingerprint density at radius 2 is 2.27 bits per heavy atom. The van der Waals surface area contributed by atoms with Gasteiger partial charge in [0, 0.05) is 18.7 Å². The Kier molecular flexibility index (Phi) is 3.70. The van der Waals surface area contributed by atoms with Gasteiger partial charge in [-0.25, -0.2) is 4.39 Å². The van der Waals surface area contributed by atoms with Crippen LogP contribution in [0.3, 0.4) is 0 Å². The number of nitro benzene ring substituents is 1. The average Bonchev–Trinajstić information content (AvgIpc) is 2.17. The second-order valence-electron chi connectivity index (χ2n) is 3.05. The normalized spacial score (nSPS) is 12.5. The van der Waals surface area contributed by atoms with Gasteiger partial charge >= 0.3 is 0 Å². The van der Waals surface area contributed by atoms with Gasteiger partial charge in [0.05, 0.1) is 10.5 Å². The summed E-state index contributed by atoms with van der Waals surface area (Å²) in [4.78, 5) is 9.92. The topological polar surface area (TPSA) is 89.4 Å². The van der Waals surface area contributed by atoms with Crippen molar-refractivity contribution in [2.45, 2.75) is 12.5 Å². The van der Waals surface area contributed by atoms with Crippen molar-refractivity contribution in [1.29, 1.82) is 0 Å². The minimum atomic E-state index is -0.864. The summed E-state index contributed by atoms with van der Waals surface area (Å²) >= 11 is 0. The van der Waals surface area contributed by atoms with Gasteiger partial charge in [-0.3, -0.25) is 10.1 Å². The van der Waals surface area contributed by atoms with Gasteiger partial charge in [0.1, 0.15) is 5.82 Å². The van der Waals surface area contributed by atoms with Crippen molar-refractivity contribution in [1.82, 2.24) is 0 Å². The third-order valence-corrected chi connectivity index (χ3v) is 2.04. The Morgan fingerprint density at radius 3 is 2.80 bits per heavy atom. The fourth-order valence-corrected chi connectivity index (χ4v) is 1.34. The zero-order chi connectivity index (χ0) is 11.4. The van der Waals surface area contributed by atoms with Gasteiger partial charge < -0.3 is 10.8 Å². The van der Waals surface area contributed by atoms with Crippen LogP contribution < -0.4 is 5.73 Å². The standard InChI is InChI=1S/C9H11FN2O3/c10-6-2-1-3-8(12(14)15)9(6)7(11)4-5-13/h1-3,7,13H,4-5,11H2. The maximum absolute atomic E-state index is 13.3. The minimum Gasteiger partial charge on any atom is -0.396 e. The molecule has 15 heavy (non-hydrogen) atoms. The molecule has 0 spiro atoms. The van der Waals surface area contributed by atoms with E-state index in [1.54, 1.807) is 0 Å². The Morgan fingerprint density at radius 1 is 1.60 bits per heavy atom. The lowest BCUT2D eigenvalue weighted by atomic mass is 10.0. The van der Waals surface area contributed by atoms with E-state index in [0.717, 1.165) is 6.07 Å². The van der Waals surface area contributed by atoms with Gasteiger partial charge in [0.25, 0.3) is 5.69 Å². The highest BCUT2D eigenvalue weighted by Crippen LogP contribution is 2.27. The molecule has 1 aromatic carbocycles. The molecule has 0 heterocycles. The number of nitro groups is 1. The average molecular weight is 214 g/mol. The number of halogens is 1. The molecule has 0 bridgehead atoms. The lowest BCUT2D eigenvalue weighted by molar-refractivity contribution is -0.386. The molecule has 0 aromatic heterocycles. The van der Waals surface area contributed by atoms with Gasteiger partial charge in [-0.05, 0) is 12.5 Å². The molecule has 1 rings (SSSR count). The van der Waals surface area contributed by atoms with Gasteiger partial charge in [-0.2, -0.15) is 0 Å². The molecule has 0 radical (unpaired) electrons. The minimum absolute atomic E-state index is 0.0851. The lowest BCUT2D eigenvalue weighted by Gasteiger charge is -2.11. The maximum atomic E-state index is 13.3. The van der Waals surface area contributed by atoms with E-state index in [1.165, 1.54) is 12.1 Å². The van der Waals surface area contributed by atoms with Crippen LogP contribution in [0.4, 0.5) is 10.1 Å². The number of rotatable bonds is 4. The number of hydrogen-bond acceptors (Lipinski definition) is 4. The first-order valence-electron chi connectivity index (χ1n) is 4.37. The number of benzene rings is 1. The Labute approximate surface area is 85.5 Å². The van der Waals surface area contributed by atoms with E-state index in [1.807, 2.05) is 0 Å². The summed E-state index contributed by atoms with van der Waals surface area (Å²) in [6.45, 7) is -0.243. The highest BCUT2D eigenvalue weighted by atomic mass is 19.1. The van der Waals surface area contributed by atoms with Crippen molar-refractivity contribution in [2.24, 2.45) is 5.73 Å². The molecule has 0 aliphatic heterocycles. The molecule has 0 amide bonds. The molecule has 0 saturated heterocycles. The Balaban J connectivity index is 3.18. The van der Waals surface area contributed by atoms with Crippen molar-refractivity contribution >= 4 is 5.69 Å². The lowest BCUT2D eigenvalue weighted by Crippen LogP contribution is -2.15. The van der Waals surface area contributed by atoms with E-state index in [9.17, 15) is 14.5 Å². The quantitative estimate of drug-likeness (QED) is 0.580. The summed E-state index contributed by atoms with van der Waals surface area (Å²) in [5, 5.41) is 19.2. The highest BCUT2D eigenvalue weighted by Gasteiger charge is 2.22. The molecule has 5 nitrogen and oxygen atoms in total. The summed E-state index contributed by atoms with van der Waals surface area (Å²) in [5.74, 6) is -0.717. The summed E-state index contributed by atoms with van der Waals surface area (Å²) in [6, 6.07) is 2.69. The third-order valence-electron chi connectivity index (χ3n) is 2.04. The zero-order valence-electron chi connectivity index (χ0n) is 7.89. The van der Waals surface area contributed by atoms with Gasteiger partial charge in [-0.15, -0.1) is 0 Å². The van der Waals surface area contributed by atoms with Crippen LogP contribution in [0, 0.1) is 15.9 Å². The summed E-state index contributed by atoms with van der Waals surface area (Å²) < 4.78 is 13.3. The molecule has 1 aromatic rings. The Hall–Kier alpha value is -1.53. The van der Waals surface area contributed by atoms with Crippen molar-refractivity contribution in [2.75, 3.05) is 6.61 Å². The van der Waals surface area contributed by atoms with Crippen LogP contribution in [0.5, 0.6) is 0 Å². The second kappa shape index (κ2) is 4.81. The monoisotopic (exact) mass is 214 g/mol. The fraction of sp³-hybridized carbons (Fsp3) is 0.333. The van der Waals surface area contributed by atoms with Crippen LogP contribution in [0.1, 0.15) is 18.0 Å². The number of aliphatic hydroxyl groups excluding tert-OH is 1. The SMILES string of the molecule is NC(CCO)c1c(F)cccc1[N+](=O)[O-]. The van der Waals surface area contributed by atoms with Crippen molar-refractivity contribution in [3.8, 4) is 0 Å². The highest BCUT2D eigenvalue weighted by molar-refractivity contribution is 5.42. The van der Waals surface area contributed by atoms with E-state index < -0.39 is 16.8 Å². The molecule has 0 fully saturated rings. The van der Waals surface area contributed by atoms with Crippen LogP contribution in [0.15, 0.2) is 18.2 Å². The van der Waals surface area contributed by atoms with Crippen molar-refractivity contribution in [3.63, 3.8) is 0 Å². The van der Waals surface area contributed by atoms with Gasteiger partial charge in [0.15, 0.2) is 0 Å². The first-order chi connectivity index (χ1) is 7.07. The number of nitrogens with zero attached hydrogens (tertiary/aromatic N) is 1. The molecule has 0 aliphatic rings. The number of hydrogen-bond donors (Lipinski definition) is 2. The maximum Gasteiger partial charge on any atom is 0.277 e. The molecule has 6 heteroatoms. The third kappa shape index (κ3) is 2.48. The van der Waals surface area contributed by atoms with Crippen LogP contribution in [-0.2, 0) is 0 Å². The molecular weight excluding hydrogens is 203 g/mol. The van der Waals surface area contributed by atoms with E-state index in [2.05, 4.69) is 0 Å². The van der Waals surface area contributed by atoms with E-state index in [4.69, 9.17) is 10.8 Å². The van der Waals surface area contributed by atoms with Crippen LogP contribution in [-0.4, -0.2) is 16.6 Å². The van der Waals surface area contributed by atoms with Crippen molar-refractivity contribution < 1.29 is 14.4 Å².